The van der Waals surface area contributed by atoms with Gasteiger partial charge in [0, 0.05) is 12.1 Å². The number of carbonyl (C=O) groups is 2. The van der Waals surface area contributed by atoms with Gasteiger partial charge in [-0.3, -0.25) is 9.52 Å². The lowest BCUT2D eigenvalue weighted by atomic mass is 10.1. The molecule has 3 rings (SSSR count). The third-order valence-electron chi connectivity index (χ3n) is 5.10. The topological polar surface area (TPSA) is 92.8 Å². The Kier molecular flexibility index (Phi) is 7.73. The van der Waals surface area contributed by atoms with E-state index in [0.717, 1.165) is 5.56 Å². The van der Waals surface area contributed by atoms with Crippen LogP contribution in [0.5, 0.6) is 0 Å². The number of benzene rings is 3. The van der Waals surface area contributed by atoms with Gasteiger partial charge in [0.1, 0.15) is 0 Å². The number of hydrogen-bond acceptors (Lipinski definition) is 5. The first kappa shape index (κ1) is 24.3. The predicted octanol–water partition coefficient (Wildman–Crippen LogP) is 4.52. The van der Waals surface area contributed by atoms with Gasteiger partial charge in [0.25, 0.3) is 15.9 Å². The van der Waals surface area contributed by atoms with Crippen molar-refractivity contribution in [1.29, 1.82) is 0 Å². The Balaban J connectivity index is 1.68. The van der Waals surface area contributed by atoms with E-state index in [1.165, 1.54) is 41.3 Å². The Morgan fingerprint density at radius 2 is 1.58 bits per heavy atom. The number of halogens is 1. The third kappa shape index (κ3) is 6.12. The highest BCUT2D eigenvalue weighted by Crippen LogP contribution is 2.23. The predicted molar refractivity (Wildman–Crippen MR) is 127 cm³/mol. The molecule has 1 atom stereocenters. The molecule has 1 N–H and O–H groups in total. The van der Waals surface area contributed by atoms with Gasteiger partial charge in [0.2, 0.25) is 0 Å². The van der Waals surface area contributed by atoms with Crippen molar-refractivity contribution in [2.75, 3.05) is 18.4 Å². The summed E-state index contributed by atoms with van der Waals surface area (Å²) in [5.41, 5.74) is 0.971. The molecule has 0 aliphatic heterocycles. The van der Waals surface area contributed by atoms with Crippen LogP contribution in [0.3, 0.4) is 0 Å². The van der Waals surface area contributed by atoms with Crippen LogP contribution in [-0.4, -0.2) is 38.8 Å². The molecule has 0 unspecified atom stereocenters. The number of carbonyl (C=O) groups excluding carboxylic acids is 2. The van der Waals surface area contributed by atoms with E-state index in [1.807, 2.05) is 37.3 Å². The number of anilines is 1. The van der Waals surface area contributed by atoms with Crippen LogP contribution in [0.1, 0.15) is 28.9 Å². The number of rotatable bonds is 8. The Bertz CT molecular complexity index is 1230. The van der Waals surface area contributed by atoms with E-state index in [-0.39, 0.29) is 28.1 Å². The van der Waals surface area contributed by atoms with Gasteiger partial charge >= 0.3 is 5.97 Å². The van der Waals surface area contributed by atoms with Crippen molar-refractivity contribution in [2.24, 2.45) is 0 Å². The van der Waals surface area contributed by atoms with Crippen molar-refractivity contribution in [1.82, 2.24) is 4.90 Å². The average molecular weight is 487 g/mol. The zero-order valence-corrected chi connectivity index (χ0v) is 19.6. The average Bonchev–Trinajstić information content (AvgIpc) is 2.82. The minimum absolute atomic E-state index is 0.0122. The van der Waals surface area contributed by atoms with E-state index in [1.54, 1.807) is 19.2 Å². The maximum Gasteiger partial charge on any atom is 0.340 e. The fraction of sp³-hybridized carbons (Fsp3) is 0.167. The zero-order chi connectivity index (χ0) is 24.0. The molecule has 0 fully saturated rings. The van der Waals surface area contributed by atoms with Crippen LogP contribution in [0.25, 0.3) is 0 Å². The number of esters is 1. The lowest BCUT2D eigenvalue weighted by Gasteiger charge is -2.25. The molecule has 0 aliphatic carbocycles. The molecule has 7 nitrogen and oxygen atoms in total. The Morgan fingerprint density at radius 1 is 0.970 bits per heavy atom. The molecule has 172 valence electrons. The van der Waals surface area contributed by atoms with Crippen LogP contribution < -0.4 is 4.72 Å². The Morgan fingerprint density at radius 3 is 2.24 bits per heavy atom. The van der Waals surface area contributed by atoms with Gasteiger partial charge in [-0.15, -0.1) is 0 Å². The van der Waals surface area contributed by atoms with Gasteiger partial charge < -0.3 is 9.64 Å². The summed E-state index contributed by atoms with van der Waals surface area (Å²) in [6.07, 6.45) is 0. The fourth-order valence-electron chi connectivity index (χ4n) is 3.05. The molecule has 0 saturated carbocycles. The van der Waals surface area contributed by atoms with Crippen LogP contribution in [0.2, 0.25) is 5.02 Å². The molecule has 0 saturated heterocycles. The number of likely N-dealkylation sites (N-methyl/N-ethyl adjacent to an activating group) is 1. The van der Waals surface area contributed by atoms with E-state index >= 15 is 0 Å². The van der Waals surface area contributed by atoms with E-state index < -0.39 is 22.6 Å². The Hall–Kier alpha value is -3.36. The van der Waals surface area contributed by atoms with Gasteiger partial charge in [-0.2, -0.15) is 0 Å². The summed E-state index contributed by atoms with van der Waals surface area (Å²) in [5, 5.41) is 0.397. The molecule has 33 heavy (non-hydrogen) atoms. The largest absolute Gasteiger partial charge is 0.452 e. The number of nitrogens with zero attached hydrogens (tertiary/aromatic N) is 1. The van der Waals surface area contributed by atoms with Crippen molar-refractivity contribution >= 4 is 39.2 Å². The molecular formula is C24H23ClN2O5S. The maximum atomic E-state index is 12.7. The van der Waals surface area contributed by atoms with Crippen molar-refractivity contribution in [3.8, 4) is 0 Å². The number of para-hydroxylation sites is 1. The van der Waals surface area contributed by atoms with Gasteiger partial charge in [0.05, 0.1) is 22.2 Å². The molecule has 0 bridgehead atoms. The summed E-state index contributed by atoms with van der Waals surface area (Å²) in [6, 6.07) is 20.9. The molecule has 3 aromatic rings. The molecule has 0 spiro atoms. The summed E-state index contributed by atoms with van der Waals surface area (Å²) < 4.78 is 32.9. The van der Waals surface area contributed by atoms with Crippen LogP contribution in [0.15, 0.2) is 83.8 Å². The normalized spacial score (nSPS) is 12.0. The number of sulfonamides is 1. The van der Waals surface area contributed by atoms with Crippen molar-refractivity contribution in [3.63, 3.8) is 0 Å². The highest BCUT2D eigenvalue weighted by molar-refractivity contribution is 7.92. The minimum atomic E-state index is -3.96. The first-order valence-electron chi connectivity index (χ1n) is 10.0. The summed E-state index contributed by atoms with van der Waals surface area (Å²) >= 11 is 5.82. The third-order valence-corrected chi connectivity index (χ3v) is 6.73. The second-order valence-corrected chi connectivity index (χ2v) is 9.39. The SMILES string of the molecule is C[C@H](c1ccccc1)N(C)C(=O)COC(=O)c1ccccc1NS(=O)(=O)c1ccc(Cl)cc1. The summed E-state index contributed by atoms with van der Waals surface area (Å²) in [7, 11) is -2.34. The molecule has 3 aromatic carbocycles. The van der Waals surface area contributed by atoms with Crippen LogP contribution in [0.4, 0.5) is 5.69 Å². The summed E-state index contributed by atoms with van der Waals surface area (Å²) in [4.78, 5) is 26.7. The molecule has 0 aliphatic rings. The molecular weight excluding hydrogens is 464 g/mol. The monoisotopic (exact) mass is 486 g/mol. The second kappa shape index (κ2) is 10.5. The highest BCUT2D eigenvalue weighted by Gasteiger charge is 2.22. The number of hydrogen-bond donors (Lipinski definition) is 1. The molecule has 9 heteroatoms. The standard InChI is InChI=1S/C24H23ClN2O5S/c1-17(18-8-4-3-5-9-18)27(2)23(28)16-32-24(29)21-10-6-7-11-22(21)26-33(30,31)20-14-12-19(25)13-15-20/h3-15,17,26H,16H2,1-2H3/t17-/m1/s1. The number of nitrogens with one attached hydrogen (secondary N) is 1. The van der Waals surface area contributed by atoms with Crippen molar-refractivity contribution < 1.29 is 22.7 Å². The smallest absolute Gasteiger partial charge is 0.340 e. The minimum Gasteiger partial charge on any atom is -0.452 e. The first-order chi connectivity index (χ1) is 15.7. The quantitative estimate of drug-likeness (QED) is 0.472. The Labute approximate surface area is 198 Å². The summed E-state index contributed by atoms with van der Waals surface area (Å²) in [6.45, 7) is 1.39. The van der Waals surface area contributed by atoms with E-state index in [9.17, 15) is 18.0 Å². The molecule has 0 radical (unpaired) electrons. The van der Waals surface area contributed by atoms with Crippen molar-refractivity contribution in [2.45, 2.75) is 17.9 Å². The van der Waals surface area contributed by atoms with Crippen LogP contribution >= 0.6 is 11.6 Å². The molecule has 1 amide bonds. The molecule has 0 heterocycles. The first-order valence-corrected chi connectivity index (χ1v) is 11.9. The van der Waals surface area contributed by atoms with Gasteiger partial charge in [-0.25, -0.2) is 13.2 Å². The van der Waals surface area contributed by atoms with Gasteiger partial charge in [-0.1, -0.05) is 54.1 Å². The number of ether oxygens (including phenoxy) is 1. The lowest BCUT2D eigenvalue weighted by molar-refractivity contribution is -0.135. The van der Waals surface area contributed by atoms with Crippen LogP contribution in [0, 0.1) is 0 Å². The lowest BCUT2D eigenvalue weighted by Crippen LogP contribution is -2.33. The van der Waals surface area contributed by atoms with Crippen LogP contribution in [-0.2, 0) is 19.6 Å². The van der Waals surface area contributed by atoms with E-state index in [4.69, 9.17) is 16.3 Å². The number of amides is 1. The summed E-state index contributed by atoms with van der Waals surface area (Å²) in [5.74, 6) is -1.21. The van der Waals surface area contributed by atoms with Gasteiger partial charge in [0.15, 0.2) is 6.61 Å². The van der Waals surface area contributed by atoms with Crippen molar-refractivity contribution in [3.05, 3.63) is 95.0 Å². The molecule has 0 aromatic heterocycles. The highest BCUT2D eigenvalue weighted by atomic mass is 35.5. The fourth-order valence-corrected chi connectivity index (χ4v) is 4.25. The van der Waals surface area contributed by atoms with E-state index in [2.05, 4.69) is 4.72 Å². The van der Waals surface area contributed by atoms with E-state index in [0.29, 0.717) is 5.02 Å². The second-order valence-electron chi connectivity index (χ2n) is 7.27. The van der Waals surface area contributed by atoms with Gasteiger partial charge in [-0.05, 0) is 48.9 Å². The zero-order valence-electron chi connectivity index (χ0n) is 18.1. The maximum absolute atomic E-state index is 12.7.